The highest BCUT2D eigenvalue weighted by Gasteiger charge is 2.14. The monoisotopic (exact) mass is 165 g/mol. The largest absolute Gasteiger partial charge is 0.351 e. The second-order valence-corrected chi connectivity index (χ2v) is 3.24. The summed E-state index contributed by atoms with van der Waals surface area (Å²) >= 11 is 0. The van der Waals surface area contributed by atoms with Crippen molar-refractivity contribution in [1.82, 2.24) is 4.90 Å². The Morgan fingerprint density at radius 2 is 2.33 bits per heavy atom. The van der Waals surface area contributed by atoms with Gasteiger partial charge in [0.05, 0.1) is 0 Å². The lowest BCUT2D eigenvalue weighted by atomic mass is 10.1. The van der Waals surface area contributed by atoms with Gasteiger partial charge in [-0.15, -0.1) is 0 Å². The van der Waals surface area contributed by atoms with Gasteiger partial charge in [-0.25, -0.2) is 0 Å². The normalized spacial score (nSPS) is 17.6. The lowest BCUT2D eigenvalue weighted by Crippen LogP contribution is -2.15. The van der Waals surface area contributed by atoms with Crippen molar-refractivity contribution >= 4 is 6.29 Å². The van der Waals surface area contributed by atoms with Crippen LogP contribution in [0.25, 0.3) is 0 Å². The summed E-state index contributed by atoms with van der Waals surface area (Å²) in [5.74, 6) is 0.545. The molecule has 1 aliphatic heterocycles. The Morgan fingerprint density at radius 3 is 2.92 bits per heavy atom. The average molecular weight is 165 g/mol. The summed E-state index contributed by atoms with van der Waals surface area (Å²) in [6, 6.07) is 0. The van der Waals surface area contributed by atoms with Gasteiger partial charge < -0.3 is 4.90 Å². The maximum atomic E-state index is 10.1. The second kappa shape index (κ2) is 4.10. The number of hydrogen-bond donors (Lipinski definition) is 0. The van der Waals surface area contributed by atoms with Crippen molar-refractivity contribution in [1.29, 1.82) is 0 Å². The molecule has 0 saturated heterocycles. The van der Waals surface area contributed by atoms with E-state index in [0.717, 1.165) is 19.3 Å². The number of carbonyl (C=O) groups is 1. The first-order valence-corrected chi connectivity index (χ1v) is 4.34. The molecule has 0 aromatic carbocycles. The van der Waals surface area contributed by atoms with Gasteiger partial charge >= 0.3 is 0 Å². The first kappa shape index (κ1) is 9.04. The molecular formula is C10H15NO. The molecule has 66 valence electrons. The van der Waals surface area contributed by atoms with E-state index in [4.69, 9.17) is 0 Å². The molecule has 0 aliphatic carbocycles. The molecule has 0 saturated carbocycles. The molecule has 0 spiro atoms. The van der Waals surface area contributed by atoms with Crippen molar-refractivity contribution in [3.05, 3.63) is 24.0 Å². The molecule has 0 bridgehead atoms. The van der Waals surface area contributed by atoms with Gasteiger partial charge in [-0.1, -0.05) is 19.9 Å². The van der Waals surface area contributed by atoms with Crippen LogP contribution in [0.4, 0.5) is 0 Å². The van der Waals surface area contributed by atoms with E-state index in [2.05, 4.69) is 24.8 Å². The number of carbonyl (C=O) groups excluding carboxylic acids is 1. The van der Waals surface area contributed by atoms with Crippen LogP contribution < -0.4 is 0 Å². The Hall–Kier alpha value is -1.05. The summed E-state index contributed by atoms with van der Waals surface area (Å²) in [7, 11) is 0. The minimum absolute atomic E-state index is 0.545. The quantitative estimate of drug-likeness (QED) is 0.470. The summed E-state index contributed by atoms with van der Waals surface area (Å²) in [6.45, 7) is 5.34. The van der Waals surface area contributed by atoms with Gasteiger partial charge in [0, 0.05) is 18.4 Å². The Kier molecular flexibility index (Phi) is 3.09. The third kappa shape index (κ3) is 1.97. The maximum Gasteiger partial charge on any atom is 0.144 e. The Balaban J connectivity index is 2.61. The lowest BCUT2D eigenvalue weighted by molar-refractivity contribution is -0.104. The SMILES string of the molecule is CC(C)C1=CCCN1/C=C/C=O. The van der Waals surface area contributed by atoms with Crippen molar-refractivity contribution < 1.29 is 4.79 Å². The van der Waals surface area contributed by atoms with Crippen molar-refractivity contribution in [3.63, 3.8) is 0 Å². The Morgan fingerprint density at radius 1 is 1.58 bits per heavy atom. The van der Waals surface area contributed by atoms with Gasteiger partial charge in [-0.05, 0) is 18.4 Å². The predicted octanol–water partition coefficient (Wildman–Crippen LogP) is 1.94. The molecule has 0 aromatic rings. The van der Waals surface area contributed by atoms with E-state index in [0.29, 0.717) is 5.92 Å². The molecule has 1 heterocycles. The first-order valence-electron chi connectivity index (χ1n) is 4.34. The highest BCUT2D eigenvalue weighted by molar-refractivity contribution is 5.64. The van der Waals surface area contributed by atoms with Crippen LogP contribution in [-0.4, -0.2) is 17.7 Å². The van der Waals surface area contributed by atoms with E-state index in [1.54, 1.807) is 6.08 Å². The number of allylic oxidation sites excluding steroid dienone is 2. The van der Waals surface area contributed by atoms with Gasteiger partial charge in [0.1, 0.15) is 6.29 Å². The summed E-state index contributed by atoms with van der Waals surface area (Å²) in [5, 5.41) is 0. The van der Waals surface area contributed by atoms with E-state index in [1.807, 2.05) is 6.20 Å². The minimum atomic E-state index is 0.545. The average Bonchev–Trinajstić information content (AvgIpc) is 2.48. The number of nitrogens with zero attached hydrogens (tertiary/aromatic N) is 1. The molecule has 0 unspecified atom stereocenters. The molecule has 2 heteroatoms. The minimum Gasteiger partial charge on any atom is -0.351 e. The van der Waals surface area contributed by atoms with Crippen LogP contribution in [0.5, 0.6) is 0 Å². The second-order valence-electron chi connectivity index (χ2n) is 3.24. The van der Waals surface area contributed by atoms with Gasteiger partial charge in [-0.3, -0.25) is 4.79 Å². The van der Waals surface area contributed by atoms with Crippen LogP contribution in [0.2, 0.25) is 0 Å². The van der Waals surface area contributed by atoms with Crippen LogP contribution in [-0.2, 0) is 4.79 Å². The summed E-state index contributed by atoms with van der Waals surface area (Å²) in [6.07, 6.45) is 7.54. The summed E-state index contributed by atoms with van der Waals surface area (Å²) in [4.78, 5) is 12.2. The predicted molar refractivity (Wildman–Crippen MR) is 49.4 cm³/mol. The van der Waals surface area contributed by atoms with Crippen LogP contribution >= 0.6 is 0 Å². The van der Waals surface area contributed by atoms with Crippen LogP contribution in [0.1, 0.15) is 20.3 Å². The molecule has 0 atom stereocenters. The molecular weight excluding hydrogens is 150 g/mol. The Bertz CT molecular complexity index is 216. The van der Waals surface area contributed by atoms with Crippen molar-refractivity contribution in [2.45, 2.75) is 20.3 Å². The number of hydrogen-bond acceptors (Lipinski definition) is 2. The van der Waals surface area contributed by atoms with Crippen LogP contribution in [0.3, 0.4) is 0 Å². The highest BCUT2D eigenvalue weighted by Crippen LogP contribution is 2.22. The molecule has 0 fully saturated rings. The number of aldehydes is 1. The zero-order chi connectivity index (χ0) is 8.97. The highest BCUT2D eigenvalue weighted by atomic mass is 16.1. The maximum absolute atomic E-state index is 10.1. The van der Waals surface area contributed by atoms with Gasteiger partial charge in [0.2, 0.25) is 0 Å². The summed E-state index contributed by atoms with van der Waals surface area (Å²) < 4.78 is 0. The molecule has 2 nitrogen and oxygen atoms in total. The molecule has 0 radical (unpaired) electrons. The third-order valence-corrected chi connectivity index (χ3v) is 1.99. The first-order chi connectivity index (χ1) is 5.75. The molecule has 1 rings (SSSR count). The topological polar surface area (TPSA) is 20.3 Å². The van der Waals surface area contributed by atoms with Crippen molar-refractivity contribution in [3.8, 4) is 0 Å². The van der Waals surface area contributed by atoms with Gasteiger partial charge in [-0.2, -0.15) is 0 Å². The Labute approximate surface area is 73.6 Å². The van der Waals surface area contributed by atoms with Crippen molar-refractivity contribution in [2.75, 3.05) is 6.54 Å². The standard InChI is InChI=1S/C10H15NO/c1-9(2)10-5-3-6-11(10)7-4-8-12/h4-5,7-9H,3,6H2,1-2H3/b7-4+. The van der Waals surface area contributed by atoms with Crippen LogP contribution in [0.15, 0.2) is 24.0 Å². The third-order valence-electron chi connectivity index (χ3n) is 1.99. The van der Waals surface area contributed by atoms with Crippen LogP contribution in [0, 0.1) is 5.92 Å². The van der Waals surface area contributed by atoms with E-state index >= 15 is 0 Å². The summed E-state index contributed by atoms with van der Waals surface area (Å²) in [5.41, 5.74) is 1.33. The zero-order valence-corrected chi connectivity index (χ0v) is 7.66. The fourth-order valence-electron chi connectivity index (χ4n) is 1.46. The van der Waals surface area contributed by atoms with Gasteiger partial charge in [0.25, 0.3) is 0 Å². The van der Waals surface area contributed by atoms with E-state index in [1.165, 1.54) is 5.70 Å². The fraction of sp³-hybridized carbons (Fsp3) is 0.500. The lowest BCUT2D eigenvalue weighted by Gasteiger charge is -2.19. The van der Waals surface area contributed by atoms with Crippen molar-refractivity contribution in [2.24, 2.45) is 5.92 Å². The molecule has 1 aliphatic rings. The number of rotatable bonds is 3. The van der Waals surface area contributed by atoms with Gasteiger partial charge in [0.15, 0.2) is 0 Å². The smallest absolute Gasteiger partial charge is 0.144 e. The van der Waals surface area contributed by atoms with E-state index < -0.39 is 0 Å². The fourth-order valence-corrected chi connectivity index (χ4v) is 1.46. The van der Waals surface area contributed by atoms with E-state index in [-0.39, 0.29) is 0 Å². The molecule has 0 aromatic heterocycles. The molecule has 0 N–H and O–H groups in total. The zero-order valence-electron chi connectivity index (χ0n) is 7.66. The molecule has 0 amide bonds. The molecule has 12 heavy (non-hydrogen) atoms. The van der Waals surface area contributed by atoms with E-state index in [9.17, 15) is 4.79 Å².